The first-order chi connectivity index (χ1) is 15.2. The molecule has 0 atom stereocenters. The number of sulfonamides is 1. The van der Waals surface area contributed by atoms with E-state index in [0.29, 0.717) is 29.9 Å². The van der Waals surface area contributed by atoms with Gasteiger partial charge in [-0.3, -0.25) is 13.9 Å². The molecule has 0 saturated carbocycles. The van der Waals surface area contributed by atoms with Crippen LogP contribution in [0.4, 0.5) is 17.1 Å². The molecule has 2 heterocycles. The van der Waals surface area contributed by atoms with E-state index in [-0.39, 0.29) is 12.5 Å². The van der Waals surface area contributed by atoms with Crippen LogP contribution >= 0.6 is 0 Å². The topological polar surface area (TPSA) is 99.9 Å². The fraction of sp³-hybridized carbons (Fsp3) is 0.217. The third kappa shape index (κ3) is 4.38. The summed E-state index contributed by atoms with van der Waals surface area (Å²) >= 11 is 0. The minimum absolute atomic E-state index is 0.142. The summed E-state index contributed by atoms with van der Waals surface area (Å²) in [5.74, 6) is -0.598. The maximum Gasteiger partial charge on any atom is 0.261 e. The Morgan fingerprint density at radius 3 is 2.62 bits per heavy atom. The zero-order valence-corrected chi connectivity index (χ0v) is 18.6. The second kappa shape index (κ2) is 8.51. The van der Waals surface area contributed by atoms with E-state index < -0.39 is 15.9 Å². The molecule has 4 rings (SSSR count). The van der Waals surface area contributed by atoms with Gasteiger partial charge in [-0.15, -0.1) is 0 Å². The molecule has 8 nitrogen and oxygen atoms in total. The van der Waals surface area contributed by atoms with Crippen molar-refractivity contribution in [3.8, 4) is 0 Å². The van der Waals surface area contributed by atoms with E-state index in [0.717, 1.165) is 27.4 Å². The molecule has 3 aromatic rings. The minimum atomic E-state index is -3.66. The van der Waals surface area contributed by atoms with Crippen LogP contribution in [-0.2, 0) is 21.2 Å². The quantitative estimate of drug-likeness (QED) is 0.618. The molecule has 1 aliphatic heterocycles. The number of furan rings is 1. The Kier molecular flexibility index (Phi) is 5.75. The first-order valence-electron chi connectivity index (χ1n) is 10.0. The maximum absolute atomic E-state index is 12.7. The lowest BCUT2D eigenvalue weighted by Gasteiger charge is -2.23. The number of carbonyl (C=O) groups excluding carboxylic acids is 2. The standard InChI is InChI=1S/C23H23N3O5S/c1-16-5-3-4-6-20(16)26(32(2,29)30)14-22(27)24-19-7-8-21-17(13-19)9-11-25(21)23(28)18-10-12-31-15-18/h3-8,10,12-13,15H,9,11,14H2,1-2H3,(H,24,27). The molecule has 0 aliphatic carbocycles. The molecule has 32 heavy (non-hydrogen) atoms. The summed E-state index contributed by atoms with van der Waals surface area (Å²) in [5, 5.41) is 2.77. The minimum Gasteiger partial charge on any atom is -0.472 e. The smallest absolute Gasteiger partial charge is 0.261 e. The lowest BCUT2D eigenvalue weighted by atomic mass is 10.1. The van der Waals surface area contributed by atoms with Crippen LogP contribution in [0.1, 0.15) is 21.5 Å². The summed E-state index contributed by atoms with van der Waals surface area (Å²) in [7, 11) is -3.66. The first-order valence-corrected chi connectivity index (χ1v) is 11.9. The summed E-state index contributed by atoms with van der Waals surface area (Å²) in [4.78, 5) is 27.0. The van der Waals surface area contributed by atoms with Crippen molar-refractivity contribution in [2.24, 2.45) is 0 Å². The molecule has 0 saturated heterocycles. The number of nitrogens with one attached hydrogen (secondary N) is 1. The Balaban J connectivity index is 1.49. The van der Waals surface area contributed by atoms with Gasteiger partial charge in [0.15, 0.2) is 0 Å². The van der Waals surface area contributed by atoms with Gasteiger partial charge in [0.05, 0.1) is 23.8 Å². The van der Waals surface area contributed by atoms with Crippen molar-refractivity contribution in [1.29, 1.82) is 0 Å². The molecule has 0 spiro atoms. The molecule has 0 bridgehead atoms. The average molecular weight is 454 g/mol. The number of fused-ring (bicyclic) bond motifs is 1. The van der Waals surface area contributed by atoms with Crippen LogP contribution in [0.2, 0.25) is 0 Å². The first kappa shape index (κ1) is 21.6. The summed E-state index contributed by atoms with van der Waals surface area (Å²) in [5.41, 5.74) is 3.96. The summed E-state index contributed by atoms with van der Waals surface area (Å²) in [6.45, 7) is 1.99. The van der Waals surface area contributed by atoms with E-state index in [9.17, 15) is 18.0 Å². The maximum atomic E-state index is 12.7. The molecule has 2 aromatic carbocycles. The van der Waals surface area contributed by atoms with E-state index in [1.165, 1.54) is 12.5 Å². The lowest BCUT2D eigenvalue weighted by molar-refractivity contribution is -0.114. The monoisotopic (exact) mass is 453 g/mol. The number of anilines is 3. The normalized spacial score (nSPS) is 13.0. The van der Waals surface area contributed by atoms with Gasteiger partial charge < -0.3 is 14.6 Å². The number of benzene rings is 2. The van der Waals surface area contributed by atoms with Gasteiger partial charge in [-0.2, -0.15) is 0 Å². The van der Waals surface area contributed by atoms with Crippen molar-refractivity contribution in [3.05, 3.63) is 77.7 Å². The zero-order valence-electron chi connectivity index (χ0n) is 17.7. The molecule has 1 aliphatic rings. The van der Waals surface area contributed by atoms with Crippen molar-refractivity contribution in [3.63, 3.8) is 0 Å². The van der Waals surface area contributed by atoms with Crippen molar-refractivity contribution < 1.29 is 22.4 Å². The number of nitrogens with zero attached hydrogens (tertiary/aromatic N) is 2. The highest BCUT2D eigenvalue weighted by Crippen LogP contribution is 2.32. The van der Waals surface area contributed by atoms with Gasteiger partial charge in [0.1, 0.15) is 12.8 Å². The van der Waals surface area contributed by atoms with E-state index in [2.05, 4.69) is 5.32 Å². The Morgan fingerprint density at radius 1 is 1.16 bits per heavy atom. The highest BCUT2D eigenvalue weighted by molar-refractivity contribution is 7.92. The third-order valence-corrected chi connectivity index (χ3v) is 6.47. The van der Waals surface area contributed by atoms with E-state index in [4.69, 9.17) is 4.42 Å². The molecule has 0 radical (unpaired) electrons. The van der Waals surface area contributed by atoms with Crippen LogP contribution < -0.4 is 14.5 Å². The Hall–Kier alpha value is -3.59. The molecule has 0 unspecified atom stereocenters. The second-order valence-corrected chi connectivity index (χ2v) is 9.57. The highest BCUT2D eigenvalue weighted by Gasteiger charge is 2.27. The molecule has 1 aromatic heterocycles. The molecule has 9 heteroatoms. The molecule has 1 N–H and O–H groups in total. The highest BCUT2D eigenvalue weighted by atomic mass is 32.2. The summed E-state index contributed by atoms with van der Waals surface area (Å²) in [6, 6.07) is 13.9. The second-order valence-electron chi connectivity index (χ2n) is 7.67. The number of hydrogen-bond acceptors (Lipinski definition) is 5. The fourth-order valence-electron chi connectivity index (χ4n) is 3.79. The molecule has 166 valence electrons. The van der Waals surface area contributed by atoms with Gasteiger partial charge >= 0.3 is 0 Å². The number of aryl methyl sites for hydroxylation is 1. The van der Waals surface area contributed by atoms with Crippen LogP contribution in [0.25, 0.3) is 0 Å². The number of amides is 2. The lowest BCUT2D eigenvalue weighted by Crippen LogP contribution is -2.37. The number of hydrogen-bond donors (Lipinski definition) is 1. The Bertz CT molecular complexity index is 1270. The summed E-state index contributed by atoms with van der Waals surface area (Å²) in [6.07, 6.45) is 4.60. The molecular formula is C23H23N3O5S. The van der Waals surface area contributed by atoms with Crippen molar-refractivity contribution >= 4 is 38.9 Å². The van der Waals surface area contributed by atoms with Crippen LogP contribution in [0.15, 0.2) is 65.5 Å². The van der Waals surface area contributed by atoms with Gasteiger partial charge in [0.25, 0.3) is 5.91 Å². The van der Waals surface area contributed by atoms with Crippen LogP contribution in [0.3, 0.4) is 0 Å². The van der Waals surface area contributed by atoms with Gasteiger partial charge in [0.2, 0.25) is 15.9 Å². The van der Waals surface area contributed by atoms with Gasteiger partial charge in [-0.1, -0.05) is 18.2 Å². The number of rotatable bonds is 6. The largest absolute Gasteiger partial charge is 0.472 e. The van der Waals surface area contributed by atoms with Gasteiger partial charge in [0, 0.05) is 17.9 Å². The average Bonchev–Trinajstić information content (AvgIpc) is 3.41. The van der Waals surface area contributed by atoms with Crippen LogP contribution in [0, 0.1) is 6.92 Å². The van der Waals surface area contributed by atoms with E-state index in [1.54, 1.807) is 48.2 Å². The molecule has 0 fully saturated rings. The Morgan fingerprint density at radius 2 is 1.94 bits per heavy atom. The van der Waals surface area contributed by atoms with Crippen molar-refractivity contribution in [1.82, 2.24) is 0 Å². The van der Waals surface area contributed by atoms with Crippen molar-refractivity contribution in [2.45, 2.75) is 13.3 Å². The zero-order chi connectivity index (χ0) is 22.9. The van der Waals surface area contributed by atoms with Gasteiger partial charge in [-0.25, -0.2) is 8.42 Å². The fourth-order valence-corrected chi connectivity index (χ4v) is 4.70. The predicted octanol–water partition coefficient (Wildman–Crippen LogP) is 3.20. The Labute approximate surface area is 186 Å². The van der Waals surface area contributed by atoms with Crippen LogP contribution in [-0.4, -0.2) is 39.6 Å². The predicted molar refractivity (Wildman–Crippen MR) is 123 cm³/mol. The van der Waals surface area contributed by atoms with Crippen LogP contribution in [0.5, 0.6) is 0 Å². The van der Waals surface area contributed by atoms with E-state index >= 15 is 0 Å². The van der Waals surface area contributed by atoms with E-state index in [1.807, 2.05) is 12.1 Å². The molecule has 2 amide bonds. The third-order valence-electron chi connectivity index (χ3n) is 5.34. The number of para-hydroxylation sites is 1. The molecular weight excluding hydrogens is 430 g/mol. The number of carbonyl (C=O) groups is 2. The summed E-state index contributed by atoms with van der Waals surface area (Å²) < 4.78 is 30.7. The SMILES string of the molecule is Cc1ccccc1N(CC(=O)Nc1ccc2c(c1)CCN2C(=O)c1ccoc1)S(C)(=O)=O. The van der Waals surface area contributed by atoms with Crippen molar-refractivity contribution in [2.75, 3.05) is 33.9 Å². The van der Waals surface area contributed by atoms with Gasteiger partial charge in [-0.05, 0) is 54.8 Å².